The van der Waals surface area contributed by atoms with Gasteiger partial charge >= 0.3 is 5.97 Å². The normalized spacial score (nSPS) is 15.3. The zero-order valence-electron chi connectivity index (χ0n) is 14.6. The van der Waals surface area contributed by atoms with Crippen molar-refractivity contribution in [1.82, 2.24) is 4.98 Å². The van der Waals surface area contributed by atoms with Gasteiger partial charge in [0, 0.05) is 30.0 Å². The minimum atomic E-state index is -1.10. The van der Waals surface area contributed by atoms with Crippen molar-refractivity contribution in [2.45, 2.75) is 32.6 Å². The second-order valence-corrected chi connectivity index (χ2v) is 6.81. The molecule has 0 unspecified atom stereocenters. The van der Waals surface area contributed by atoms with E-state index in [4.69, 9.17) is 4.74 Å². The van der Waals surface area contributed by atoms with Crippen LogP contribution in [0.2, 0.25) is 0 Å². The molecule has 0 amide bonds. The first-order valence-electron chi connectivity index (χ1n) is 8.86. The van der Waals surface area contributed by atoms with Crippen molar-refractivity contribution in [2.24, 2.45) is 0 Å². The number of hydrogen-bond donors (Lipinski definition) is 1. The lowest BCUT2D eigenvalue weighted by molar-refractivity contribution is 0.0693. The van der Waals surface area contributed by atoms with Gasteiger partial charge in [0.2, 0.25) is 5.88 Å². The molecular weight excluding hydrogens is 332 g/mol. The lowest BCUT2D eigenvalue weighted by Crippen LogP contribution is -2.34. The first-order valence-corrected chi connectivity index (χ1v) is 8.86. The van der Waals surface area contributed by atoms with E-state index in [0.717, 1.165) is 56.3 Å². The molecule has 1 aromatic heterocycles. The number of nitrogens with zero attached hydrogens (tertiary/aromatic N) is 2. The van der Waals surface area contributed by atoms with Gasteiger partial charge in [-0.15, -0.1) is 0 Å². The lowest BCUT2D eigenvalue weighted by Gasteiger charge is -2.37. The van der Waals surface area contributed by atoms with Crippen LogP contribution in [0.5, 0.6) is 11.6 Å². The number of rotatable bonds is 4. The summed E-state index contributed by atoms with van der Waals surface area (Å²) in [7, 11) is 0. The van der Waals surface area contributed by atoms with Crippen molar-refractivity contribution in [3.05, 3.63) is 46.1 Å². The number of ether oxygens (including phenoxy) is 1. The largest absolute Gasteiger partial charge is 0.477 e. The van der Waals surface area contributed by atoms with E-state index in [9.17, 15) is 14.7 Å². The molecule has 4 rings (SSSR count). The number of aromatic nitrogens is 1. The Balaban J connectivity index is 1.88. The van der Waals surface area contributed by atoms with Gasteiger partial charge in [0.25, 0.3) is 0 Å². The summed E-state index contributed by atoms with van der Waals surface area (Å²) in [5.41, 5.74) is 4.44. The minimum Gasteiger partial charge on any atom is -0.477 e. The summed E-state index contributed by atoms with van der Waals surface area (Å²) in [4.78, 5) is 29.9. The van der Waals surface area contributed by atoms with Crippen molar-refractivity contribution in [2.75, 3.05) is 18.0 Å². The van der Waals surface area contributed by atoms with E-state index < -0.39 is 5.97 Å². The number of carbonyl (C=O) groups is 2. The molecule has 1 aromatic carbocycles. The topological polar surface area (TPSA) is 79.7 Å². The van der Waals surface area contributed by atoms with Gasteiger partial charge in [-0.2, -0.15) is 0 Å². The van der Waals surface area contributed by atoms with Crippen molar-refractivity contribution in [1.29, 1.82) is 0 Å². The quantitative estimate of drug-likeness (QED) is 0.850. The number of carbonyl (C=O) groups excluding carboxylic acids is 1. The molecule has 1 N–H and O–H groups in total. The molecule has 0 saturated carbocycles. The number of hydrogen-bond acceptors (Lipinski definition) is 5. The maximum absolute atomic E-state index is 11.7. The summed E-state index contributed by atoms with van der Waals surface area (Å²) in [6, 6.07) is 5.00. The highest BCUT2D eigenvalue weighted by atomic mass is 16.5. The fraction of sp³-hybridized carbons (Fsp3) is 0.350. The van der Waals surface area contributed by atoms with E-state index in [1.807, 2.05) is 6.07 Å². The minimum absolute atomic E-state index is 0.00923. The first kappa shape index (κ1) is 16.6. The molecule has 3 heterocycles. The van der Waals surface area contributed by atoms with E-state index in [1.165, 1.54) is 11.6 Å². The smallest absolute Gasteiger partial charge is 0.341 e. The van der Waals surface area contributed by atoms with Gasteiger partial charge in [-0.3, -0.25) is 4.79 Å². The third-order valence-electron chi connectivity index (χ3n) is 5.06. The van der Waals surface area contributed by atoms with Crippen LogP contribution in [-0.2, 0) is 12.8 Å². The molecule has 0 fully saturated rings. The standard InChI is InChI=1S/C20H20N2O4/c1-12-6-7-16(20(24)25)19(21-12)26-18-14(11-23)10-13-4-2-8-22-9-3-5-15(18)17(13)22/h6-7,10-11H,2-5,8-9H2,1H3,(H,24,25). The van der Waals surface area contributed by atoms with E-state index in [-0.39, 0.29) is 11.4 Å². The van der Waals surface area contributed by atoms with E-state index in [0.29, 0.717) is 17.0 Å². The van der Waals surface area contributed by atoms with Crippen LogP contribution in [0.3, 0.4) is 0 Å². The molecule has 2 aromatic rings. The van der Waals surface area contributed by atoms with Gasteiger partial charge in [-0.25, -0.2) is 9.78 Å². The molecule has 6 heteroatoms. The SMILES string of the molecule is Cc1ccc(C(=O)O)c(Oc2c(C=O)cc3c4c2CCCN4CCC3)n1. The Morgan fingerprint density at radius 1 is 1.27 bits per heavy atom. The Hall–Kier alpha value is -2.89. The van der Waals surface area contributed by atoms with Gasteiger partial charge in [-0.1, -0.05) is 0 Å². The number of carboxylic acids is 1. The Labute approximate surface area is 151 Å². The maximum Gasteiger partial charge on any atom is 0.341 e. The zero-order chi connectivity index (χ0) is 18.3. The number of aldehydes is 1. The highest BCUT2D eigenvalue weighted by Crippen LogP contribution is 2.43. The Morgan fingerprint density at radius 2 is 2.04 bits per heavy atom. The fourth-order valence-corrected chi connectivity index (χ4v) is 3.93. The van der Waals surface area contributed by atoms with Gasteiger partial charge in [-0.05, 0) is 56.4 Å². The molecule has 6 nitrogen and oxygen atoms in total. The Morgan fingerprint density at radius 3 is 2.77 bits per heavy atom. The average Bonchev–Trinajstić information content (AvgIpc) is 2.63. The van der Waals surface area contributed by atoms with Gasteiger partial charge in [0.1, 0.15) is 11.3 Å². The van der Waals surface area contributed by atoms with Crippen LogP contribution in [0.15, 0.2) is 18.2 Å². The molecule has 0 spiro atoms. The summed E-state index contributed by atoms with van der Waals surface area (Å²) in [5, 5.41) is 9.44. The third kappa shape index (κ3) is 2.71. The molecule has 26 heavy (non-hydrogen) atoms. The van der Waals surface area contributed by atoms with Crippen molar-refractivity contribution in [3.8, 4) is 11.6 Å². The number of aryl methyl sites for hydroxylation is 2. The summed E-state index contributed by atoms with van der Waals surface area (Å²) in [6.45, 7) is 3.78. The molecule has 0 atom stereocenters. The molecule has 134 valence electrons. The fourth-order valence-electron chi connectivity index (χ4n) is 3.93. The Bertz CT molecular complexity index is 905. The summed E-state index contributed by atoms with van der Waals surface area (Å²) >= 11 is 0. The highest BCUT2D eigenvalue weighted by molar-refractivity contribution is 5.91. The van der Waals surface area contributed by atoms with Crippen LogP contribution in [0.25, 0.3) is 0 Å². The average molecular weight is 352 g/mol. The lowest BCUT2D eigenvalue weighted by atomic mass is 9.89. The van der Waals surface area contributed by atoms with Crippen molar-refractivity contribution < 1.29 is 19.4 Å². The maximum atomic E-state index is 11.7. The van der Waals surface area contributed by atoms with Crippen LogP contribution in [-0.4, -0.2) is 35.4 Å². The number of pyridine rings is 1. The Kier molecular flexibility index (Phi) is 4.11. The van der Waals surface area contributed by atoms with E-state index in [1.54, 1.807) is 13.0 Å². The van der Waals surface area contributed by atoms with Gasteiger partial charge in [0.05, 0.1) is 5.56 Å². The van der Waals surface area contributed by atoms with Crippen LogP contribution in [0.1, 0.15) is 50.4 Å². The monoisotopic (exact) mass is 352 g/mol. The molecule has 0 radical (unpaired) electrons. The van der Waals surface area contributed by atoms with Crippen LogP contribution in [0, 0.1) is 6.92 Å². The summed E-state index contributed by atoms with van der Waals surface area (Å²) in [5.74, 6) is -0.621. The van der Waals surface area contributed by atoms with Gasteiger partial charge < -0.3 is 14.7 Å². The summed E-state index contributed by atoms with van der Waals surface area (Å²) in [6.07, 6.45) is 4.61. The predicted octanol–water partition coefficient (Wildman–Crippen LogP) is 3.39. The molecule has 0 bridgehead atoms. The molecule has 0 saturated heterocycles. The molecule has 0 aliphatic carbocycles. The van der Waals surface area contributed by atoms with Crippen LogP contribution < -0.4 is 9.64 Å². The van der Waals surface area contributed by atoms with Crippen LogP contribution in [0.4, 0.5) is 5.69 Å². The van der Waals surface area contributed by atoms with E-state index in [2.05, 4.69) is 9.88 Å². The van der Waals surface area contributed by atoms with Gasteiger partial charge in [0.15, 0.2) is 6.29 Å². The van der Waals surface area contributed by atoms with Crippen LogP contribution >= 0.6 is 0 Å². The predicted molar refractivity (Wildman–Crippen MR) is 96.7 cm³/mol. The number of benzene rings is 1. The number of anilines is 1. The zero-order valence-corrected chi connectivity index (χ0v) is 14.6. The van der Waals surface area contributed by atoms with Crippen molar-refractivity contribution >= 4 is 17.9 Å². The molecular formula is C20H20N2O4. The second kappa shape index (κ2) is 6.44. The first-order chi connectivity index (χ1) is 12.6. The van der Waals surface area contributed by atoms with E-state index >= 15 is 0 Å². The number of carboxylic acid groups (broad SMARTS) is 1. The highest BCUT2D eigenvalue weighted by Gasteiger charge is 2.29. The molecule has 2 aliphatic heterocycles. The third-order valence-corrected chi connectivity index (χ3v) is 5.06. The molecule has 2 aliphatic rings. The summed E-state index contributed by atoms with van der Waals surface area (Å²) < 4.78 is 5.99. The van der Waals surface area contributed by atoms with Crippen molar-refractivity contribution in [3.63, 3.8) is 0 Å². The number of aromatic carboxylic acids is 1. The second-order valence-electron chi connectivity index (χ2n) is 6.81.